The minimum absolute atomic E-state index is 0.219. The Kier molecular flexibility index (Phi) is 8.74. The van der Waals surface area contributed by atoms with Crippen molar-refractivity contribution in [2.45, 2.75) is 50.8 Å². The molecule has 0 spiro atoms. The van der Waals surface area contributed by atoms with Gasteiger partial charge in [-0.2, -0.15) is 0 Å². The molecule has 2 amide bonds. The van der Waals surface area contributed by atoms with E-state index >= 15 is 0 Å². The number of hydrogen-bond acceptors (Lipinski definition) is 6. The van der Waals surface area contributed by atoms with Gasteiger partial charge in [-0.25, -0.2) is 9.59 Å². The number of unbranched alkanes of at least 4 members (excludes halogenated alkanes) is 1. The number of nitrogens with two attached hydrogens (primary N) is 1. The number of benzene rings is 1. The highest BCUT2D eigenvalue weighted by Gasteiger charge is 2.36. The monoisotopic (exact) mass is 391 g/mol. The number of carbonyl (C=O) groups is 3. The number of likely N-dealkylation sites (tertiary alicyclic amines) is 1. The average Bonchev–Trinajstić information content (AvgIpc) is 3.21. The molecule has 154 valence electrons. The summed E-state index contributed by atoms with van der Waals surface area (Å²) < 4.78 is 9.88. The van der Waals surface area contributed by atoms with Gasteiger partial charge in [0.1, 0.15) is 12.6 Å². The van der Waals surface area contributed by atoms with Crippen LogP contribution in [0.4, 0.5) is 4.79 Å². The maximum atomic E-state index is 12.5. The van der Waals surface area contributed by atoms with Gasteiger partial charge in [0.15, 0.2) is 0 Å². The molecule has 0 radical (unpaired) electrons. The van der Waals surface area contributed by atoms with E-state index in [2.05, 4.69) is 5.32 Å². The minimum atomic E-state index is -0.657. The summed E-state index contributed by atoms with van der Waals surface area (Å²) in [5.74, 6) is -0.612. The molecule has 1 aromatic rings. The number of nitrogens with one attached hydrogen (secondary N) is 1. The van der Waals surface area contributed by atoms with E-state index in [9.17, 15) is 14.4 Å². The van der Waals surface area contributed by atoms with Crippen molar-refractivity contribution in [2.24, 2.45) is 5.73 Å². The average molecular weight is 391 g/mol. The van der Waals surface area contributed by atoms with Gasteiger partial charge in [0, 0.05) is 13.1 Å². The van der Waals surface area contributed by atoms with Gasteiger partial charge in [-0.1, -0.05) is 30.3 Å². The van der Waals surface area contributed by atoms with Crippen molar-refractivity contribution in [2.75, 3.05) is 20.2 Å². The lowest BCUT2D eigenvalue weighted by atomic mass is 10.1. The number of nitrogens with zero attached hydrogens (tertiary/aromatic N) is 1. The fraction of sp³-hybridized carbons (Fsp3) is 0.550. The smallest absolute Gasteiger partial charge is 0.407 e. The van der Waals surface area contributed by atoms with E-state index in [1.165, 1.54) is 12.0 Å². The van der Waals surface area contributed by atoms with Gasteiger partial charge in [-0.05, 0) is 37.7 Å². The molecule has 2 atom stereocenters. The molecule has 2 rings (SSSR count). The fourth-order valence-electron chi connectivity index (χ4n) is 3.20. The summed E-state index contributed by atoms with van der Waals surface area (Å²) in [7, 11) is 1.32. The first kappa shape index (κ1) is 21.7. The van der Waals surface area contributed by atoms with E-state index in [1.54, 1.807) is 0 Å². The summed E-state index contributed by atoms with van der Waals surface area (Å²) in [4.78, 5) is 37.4. The fourth-order valence-corrected chi connectivity index (χ4v) is 3.20. The largest absolute Gasteiger partial charge is 0.467 e. The Morgan fingerprint density at radius 3 is 2.71 bits per heavy atom. The molecule has 3 N–H and O–H groups in total. The van der Waals surface area contributed by atoms with Crippen LogP contribution in [0.1, 0.15) is 37.7 Å². The van der Waals surface area contributed by atoms with Crippen molar-refractivity contribution >= 4 is 18.0 Å². The Morgan fingerprint density at radius 1 is 1.25 bits per heavy atom. The van der Waals surface area contributed by atoms with Crippen LogP contribution in [-0.4, -0.2) is 55.2 Å². The normalized spacial score (nSPS) is 17.1. The highest BCUT2D eigenvalue weighted by atomic mass is 16.5. The Labute approximate surface area is 165 Å². The van der Waals surface area contributed by atoms with Gasteiger partial charge >= 0.3 is 12.1 Å². The second kappa shape index (κ2) is 11.3. The van der Waals surface area contributed by atoms with E-state index < -0.39 is 24.1 Å². The van der Waals surface area contributed by atoms with Crippen molar-refractivity contribution in [3.05, 3.63) is 35.9 Å². The zero-order valence-corrected chi connectivity index (χ0v) is 16.3. The number of carbonyl (C=O) groups excluding carboxylic acids is 3. The van der Waals surface area contributed by atoms with Crippen LogP contribution in [0.3, 0.4) is 0 Å². The van der Waals surface area contributed by atoms with Gasteiger partial charge < -0.3 is 25.4 Å². The molecule has 1 aliphatic rings. The number of rotatable bonds is 9. The van der Waals surface area contributed by atoms with E-state index in [4.69, 9.17) is 15.2 Å². The predicted molar refractivity (Wildman–Crippen MR) is 103 cm³/mol. The number of alkyl carbamates (subject to hydrolysis) is 1. The van der Waals surface area contributed by atoms with Crippen LogP contribution >= 0.6 is 0 Å². The Balaban J connectivity index is 1.60. The van der Waals surface area contributed by atoms with Gasteiger partial charge in [0.25, 0.3) is 0 Å². The Bertz CT molecular complexity index is 653. The molecule has 1 saturated heterocycles. The number of ether oxygens (including phenoxy) is 2. The topological polar surface area (TPSA) is 111 Å². The SMILES string of the molecule is COC(=O)C1CCCN1C(=O)C(N)CCCCNC(=O)OCc1ccccc1. The Hall–Kier alpha value is -2.61. The summed E-state index contributed by atoms with van der Waals surface area (Å²) in [6.07, 6.45) is 2.77. The van der Waals surface area contributed by atoms with Crippen LogP contribution in [0.2, 0.25) is 0 Å². The summed E-state index contributed by atoms with van der Waals surface area (Å²) in [6, 6.07) is 8.26. The van der Waals surface area contributed by atoms with Crippen LogP contribution in [0.25, 0.3) is 0 Å². The van der Waals surface area contributed by atoms with Crippen LogP contribution in [0.15, 0.2) is 30.3 Å². The molecule has 8 heteroatoms. The molecular weight excluding hydrogens is 362 g/mol. The molecule has 8 nitrogen and oxygen atoms in total. The highest BCUT2D eigenvalue weighted by molar-refractivity contribution is 5.88. The minimum Gasteiger partial charge on any atom is -0.467 e. The lowest BCUT2D eigenvalue weighted by Crippen LogP contribution is -2.48. The first-order chi connectivity index (χ1) is 13.5. The van der Waals surface area contributed by atoms with Crippen molar-refractivity contribution in [3.8, 4) is 0 Å². The molecule has 1 heterocycles. The molecular formula is C20H29N3O5. The van der Waals surface area contributed by atoms with Crippen LogP contribution in [0.5, 0.6) is 0 Å². The number of amides is 2. The second-order valence-electron chi connectivity index (χ2n) is 6.80. The van der Waals surface area contributed by atoms with Gasteiger partial charge in [-0.3, -0.25) is 4.79 Å². The molecule has 28 heavy (non-hydrogen) atoms. The summed E-state index contributed by atoms with van der Waals surface area (Å²) in [6.45, 7) is 1.20. The van der Waals surface area contributed by atoms with Crippen LogP contribution in [0, 0.1) is 0 Å². The lowest BCUT2D eigenvalue weighted by molar-refractivity contribution is -0.151. The summed E-state index contributed by atoms with van der Waals surface area (Å²) in [5.41, 5.74) is 6.92. The zero-order valence-electron chi connectivity index (χ0n) is 16.3. The molecule has 0 bridgehead atoms. The third kappa shape index (κ3) is 6.53. The van der Waals surface area contributed by atoms with Crippen molar-refractivity contribution in [3.63, 3.8) is 0 Å². The van der Waals surface area contributed by atoms with E-state index in [0.29, 0.717) is 38.8 Å². The van der Waals surface area contributed by atoms with Crippen molar-refractivity contribution in [1.82, 2.24) is 10.2 Å². The lowest BCUT2D eigenvalue weighted by Gasteiger charge is -2.25. The number of methoxy groups -OCH3 is 1. The maximum absolute atomic E-state index is 12.5. The zero-order chi connectivity index (χ0) is 20.4. The third-order valence-corrected chi connectivity index (χ3v) is 4.75. The molecule has 0 aromatic heterocycles. The second-order valence-corrected chi connectivity index (χ2v) is 6.80. The van der Waals surface area contributed by atoms with E-state index in [0.717, 1.165) is 12.0 Å². The maximum Gasteiger partial charge on any atom is 0.407 e. The number of hydrogen-bond donors (Lipinski definition) is 2. The molecule has 1 aliphatic heterocycles. The van der Waals surface area contributed by atoms with Crippen LogP contribution < -0.4 is 11.1 Å². The quantitative estimate of drug-likeness (QED) is 0.488. The third-order valence-electron chi connectivity index (χ3n) is 4.75. The highest BCUT2D eigenvalue weighted by Crippen LogP contribution is 2.20. The molecule has 0 saturated carbocycles. The standard InChI is InChI=1S/C20H29N3O5/c1-27-19(25)17-11-7-13-23(17)18(24)16(21)10-5-6-12-22-20(26)28-14-15-8-3-2-4-9-15/h2-4,8-9,16-17H,5-7,10-14,21H2,1H3,(H,22,26). The molecule has 1 aromatic carbocycles. The molecule has 1 fully saturated rings. The summed E-state index contributed by atoms with van der Waals surface area (Å²) >= 11 is 0. The van der Waals surface area contributed by atoms with Gasteiger partial charge in [0.2, 0.25) is 5.91 Å². The Morgan fingerprint density at radius 2 is 2.00 bits per heavy atom. The van der Waals surface area contributed by atoms with Gasteiger partial charge in [-0.15, -0.1) is 0 Å². The first-order valence-electron chi connectivity index (χ1n) is 9.61. The van der Waals surface area contributed by atoms with Crippen LogP contribution in [-0.2, 0) is 25.7 Å². The first-order valence-corrected chi connectivity index (χ1v) is 9.61. The van der Waals surface area contributed by atoms with Crippen molar-refractivity contribution in [1.29, 1.82) is 0 Å². The molecule has 0 aliphatic carbocycles. The predicted octanol–water partition coefficient (Wildman–Crippen LogP) is 1.57. The van der Waals surface area contributed by atoms with Gasteiger partial charge in [0.05, 0.1) is 13.2 Å². The molecule has 2 unspecified atom stereocenters. The van der Waals surface area contributed by atoms with E-state index in [1.807, 2.05) is 30.3 Å². The van der Waals surface area contributed by atoms with Crippen molar-refractivity contribution < 1.29 is 23.9 Å². The van der Waals surface area contributed by atoms with E-state index in [-0.39, 0.29) is 12.5 Å². The number of esters is 1. The summed E-state index contributed by atoms with van der Waals surface area (Å²) in [5, 5.41) is 2.68.